The molecule has 1 unspecified atom stereocenters. The van der Waals surface area contributed by atoms with Crippen LogP contribution in [0, 0.1) is 6.92 Å². The second-order valence-electron chi connectivity index (χ2n) is 11.0. The number of rotatable bonds is 13. The molecule has 42 heavy (non-hydrogen) atoms. The summed E-state index contributed by atoms with van der Waals surface area (Å²) in [6, 6.07) is 20.1. The van der Waals surface area contributed by atoms with E-state index in [2.05, 4.69) is 19.2 Å². The number of ether oxygens (including phenoxy) is 1. The molecule has 0 aromatic heterocycles. The van der Waals surface area contributed by atoms with Crippen LogP contribution in [0.5, 0.6) is 5.75 Å². The molecule has 0 bridgehead atoms. The maximum atomic E-state index is 14.2. The third-order valence-corrected chi connectivity index (χ3v) is 8.85. The number of aryl methyl sites for hydroxylation is 1. The molecule has 1 N–H and O–H groups in total. The molecule has 2 amide bonds. The Kier molecular flexibility index (Phi) is 11.2. The van der Waals surface area contributed by atoms with Crippen LogP contribution in [0.1, 0.15) is 63.6 Å². The lowest BCUT2D eigenvalue weighted by atomic mass is 10.0. The third-order valence-electron chi connectivity index (χ3n) is 7.06. The highest BCUT2D eigenvalue weighted by molar-refractivity contribution is 7.92. The number of nitrogens with one attached hydrogen (secondary N) is 1. The van der Waals surface area contributed by atoms with Gasteiger partial charge in [-0.05, 0) is 80.6 Å². The van der Waals surface area contributed by atoms with E-state index in [9.17, 15) is 18.0 Å². The molecule has 0 saturated carbocycles. The van der Waals surface area contributed by atoms with Crippen LogP contribution < -0.4 is 14.4 Å². The number of benzene rings is 3. The van der Waals surface area contributed by atoms with Gasteiger partial charge in [-0.3, -0.25) is 13.9 Å². The number of anilines is 1. The first kappa shape index (κ1) is 32.7. The van der Waals surface area contributed by atoms with Crippen molar-refractivity contribution < 1.29 is 22.7 Å². The second kappa shape index (κ2) is 14.4. The summed E-state index contributed by atoms with van der Waals surface area (Å²) in [5, 5.41) is 2.91. The normalized spacial score (nSPS) is 12.2. The van der Waals surface area contributed by atoms with Gasteiger partial charge >= 0.3 is 0 Å². The van der Waals surface area contributed by atoms with Gasteiger partial charge in [0.2, 0.25) is 11.8 Å². The highest BCUT2D eigenvalue weighted by Crippen LogP contribution is 2.27. The van der Waals surface area contributed by atoms with Gasteiger partial charge in [0.25, 0.3) is 10.0 Å². The lowest BCUT2D eigenvalue weighted by molar-refractivity contribution is -0.140. The fourth-order valence-electron chi connectivity index (χ4n) is 4.62. The molecule has 1 atom stereocenters. The van der Waals surface area contributed by atoms with Crippen LogP contribution in [0.4, 0.5) is 5.69 Å². The molecule has 0 radical (unpaired) electrons. The van der Waals surface area contributed by atoms with E-state index in [1.165, 1.54) is 4.90 Å². The lowest BCUT2D eigenvalue weighted by Crippen LogP contribution is -2.53. The van der Waals surface area contributed by atoms with Crippen LogP contribution in [0.25, 0.3) is 0 Å². The molecular formula is C33H43N3O5S. The van der Waals surface area contributed by atoms with E-state index in [-0.39, 0.29) is 29.3 Å². The predicted octanol–water partition coefficient (Wildman–Crippen LogP) is 5.65. The molecule has 9 heteroatoms. The Bertz CT molecular complexity index is 1430. The zero-order valence-corrected chi connectivity index (χ0v) is 26.4. The maximum absolute atomic E-state index is 14.2. The number of sulfonamides is 1. The van der Waals surface area contributed by atoms with Gasteiger partial charge in [0, 0.05) is 12.6 Å². The zero-order valence-electron chi connectivity index (χ0n) is 25.6. The van der Waals surface area contributed by atoms with Gasteiger partial charge in [0.1, 0.15) is 18.3 Å². The van der Waals surface area contributed by atoms with Gasteiger partial charge in [-0.1, -0.05) is 62.7 Å². The monoisotopic (exact) mass is 593 g/mol. The van der Waals surface area contributed by atoms with Gasteiger partial charge in [-0.15, -0.1) is 0 Å². The van der Waals surface area contributed by atoms with Crippen molar-refractivity contribution in [3.05, 3.63) is 89.5 Å². The van der Waals surface area contributed by atoms with Crippen LogP contribution in [0.2, 0.25) is 0 Å². The zero-order chi connectivity index (χ0) is 31.0. The number of nitrogens with zero attached hydrogens (tertiary/aromatic N) is 2. The van der Waals surface area contributed by atoms with E-state index in [0.717, 1.165) is 21.0 Å². The second-order valence-corrected chi connectivity index (χ2v) is 12.9. The largest absolute Gasteiger partial charge is 0.497 e. The Morgan fingerprint density at radius 2 is 1.48 bits per heavy atom. The average Bonchev–Trinajstić information content (AvgIpc) is 2.95. The summed E-state index contributed by atoms with van der Waals surface area (Å²) in [6.07, 6.45) is 0.355. The third kappa shape index (κ3) is 8.12. The van der Waals surface area contributed by atoms with Gasteiger partial charge in [-0.2, -0.15) is 0 Å². The smallest absolute Gasteiger partial charge is 0.264 e. The van der Waals surface area contributed by atoms with Crippen molar-refractivity contribution in [1.29, 1.82) is 0 Å². The molecule has 0 fully saturated rings. The van der Waals surface area contributed by atoms with Crippen molar-refractivity contribution in [3.63, 3.8) is 0 Å². The minimum Gasteiger partial charge on any atom is -0.497 e. The molecule has 0 saturated heterocycles. The molecule has 8 nitrogen and oxygen atoms in total. The van der Waals surface area contributed by atoms with Crippen molar-refractivity contribution in [2.75, 3.05) is 18.0 Å². The molecule has 0 aliphatic heterocycles. The van der Waals surface area contributed by atoms with E-state index in [1.54, 1.807) is 55.6 Å². The van der Waals surface area contributed by atoms with Crippen molar-refractivity contribution in [2.45, 2.75) is 77.4 Å². The molecule has 0 aliphatic rings. The molecule has 0 heterocycles. The van der Waals surface area contributed by atoms with Crippen molar-refractivity contribution in [3.8, 4) is 5.75 Å². The van der Waals surface area contributed by atoms with Crippen LogP contribution in [0.15, 0.2) is 77.7 Å². The Hall–Kier alpha value is -3.85. The van der Waals surface area contributed by atoms with Crippen LogP contribution in [0.3, 0.4) is 0 Å². The summed E-state index contributed by atoms with van der Waals surface area (Å²) >= 11 is 0. The lowest BCUT2D eigenvalue weighted by Gasteiger charge is -2.33. The van der Waals surface area contributed by atoms with Crippen LogP contribution >= 0.6 is 0 Å². The Labute approximate surface area is 250 Å². The minimum atomic E-state index is -4.12. The van der Waals surface area contributed by atoms with E-state index >= 15 is 0 Å². The summed E-state index contributed by atoms with van der Waals surface area (Å²) in [7, 11) is -2.54. The molecule has 3 aromatic rings. The quantitative estimate of drug-likeness (QED) is 0.276. The highest BCUT2D eigenvalue weighted by atomic mass is 32.2. The van der Waals surface area contributed by atoms with Crippen molar-refractivity contribution in [2.24, 2.45) is 0 Å². The van der Waals surface area contributed by atoms with Crippen LogP contribution in [-0.4, -0.2) is 50.9 Å². The molecule has 3 aromatic carbocycles. The van der Waals surface area contributed by atoms with Gasteiger partial charge in [-0.25, -0.2) is 8.42 Å². The SMILES string of the molecule is CCC(C(=O)NC(C)C)N(Cc1ccc(OC)cc1)C(=O)CN(c1ccc(C(C)C)cc1)S(=O)(=O)c1ccc(C)cc1. The number of hydrogen-bond acceptors (Lipinski definition) is 5. The number of methoxy groups -OCH3 is 1. The topological polar surface area (TPSA) is 96.0 Å². The number of hydrogen-bond donors (Lipinski definition) is 1. The average molecular weight is 594 g/mol. The molecular weight excluding hydrogens is 550 g/mol. The molecule has 226 valence electrons. The van der Waals surface area contributed by atoms with Gasteiger partial charge in [0.05, 0.1) is 17.7 Å². The number of carbonyl (C=O) groups excluding carboxylic acids is 2. The first-order valence-corrected chi connectivity index (χ1v) is 15.7. The van der Waals surface area contributed by atoms with E-state index in [4.69, 9.17) is 4.74 Å². The Morgan fingerprint density at radius 3 is 1.98 bits per heavy atom. The fraction of sp³-hybridized carbons (Fsp3) is 0.394. The van der Waals surface area contributed by atoms with Gasteiger partial charge in [0.15, 0.2) is 0 Å². The number of amides is 2. The molecule has 0 spiro atoms. The van der Waals surface area contributed by atoms with E-state index < -0.39 is 28.5 Å². The van der Waals surface area contributed by atoms with Crippen molar-refractivity contribution >= 4 is 27.5 Å². The predicted molar refractivity (Wildman–Crippen MR) is 167 cm³/mol. The summed E-state index contributed by atoms with van der Waals surface area (Å²) in [6.45, 7) is 11.2. The minimum absolute atomic E-state index is 0.0835. The van der Waals surface area contributed by atoms with Gasteiger partial charge < -0.3 is 15.0 Å². The first-order chi connectivity index (χ1) is 19.9. The maximum Gasteiger partial charge on any atom is 0.264 e. The standard InChI is InChI=1S/C33H43N3O5S/c1-8-31(33(38)34-24(4)5)35(21-26-11-17-29(41-7)18-12-26)32(37)22-36(28-15-13-27(14-16-28)23(2)3)42(39,40)30-19-9-25(6)10-20-30/h9-20,23-24,31H,8,21-22H2,1-7H3,(H,34,38). The van der Waals surface area contributed by atoms with E-state index in [1.807, 2.05) is 52.0 Å². The summed E-state index contributed by atoms with van der Waals surface area (Å²) in [4.78, 5) is 29.0. The first-order valence-electron chi connectivity index (χ1n) is 14.3. The Balaban J connectivity index is 2.07. The highest BCUT2D eigenvalue weighted by Gasteiger charge is 2.34. The summed E-state index contributed by atoms with van der Waals surface area (Å²) in [5.41, 5.74) is 3.13. The van der Waals surface area contributed by atoms with Crippen molar-refractivity contribution in [1.82, 2.24) is 10.2 Å². The molecule has 3 rings (SSSR count). The Morgan fingerprint density at radius 1 is 0.881 bits per heavy atom. The number of carbonyl (C=O) groups is 2. The summed E-state index contributed by atoms with van der Waals surface area (Å²) in [5.74, 6) is 0.151. The fourth-order valence-corrected chi connectivity index (χ4v) is 6.03. The van der Waals surface area contributed by atoms with Crippen LogP contribution in [-0.2, 0) is 26.2 Å². The summed E-state index contributed by atoms with van der Waals surface area (Å²) < 4.78 is 34.5. The molecule has 0 aliphatic carbocycles. The van der Waals surface area contributed by atoms with E-state index in [0.29, 0.717) is 17.9 Å².